The van der Waals surface area contributed by atoms with E-state index in [0.717, 1.165) is 20.3 Å². The highest BCUT2D eigenvalue weighted by atomic mass is 79.9. The number of pyridine rings is 1. The smallest absolute Gasteiger partial charge is 0.174 e. The summed E-state index contributed by atoms with van der Waals surface area (Å²) in [5, 5.41) is 11.8. The maximum absolute atomic E-state index is 8.49. The predicted octanol–water partition coefficient (Wildman–Crippen LogP) is 4.12. The van der Waals surface area contributed by atoms with Gasteiger partial charge < -0.3 is 10.1 Å². The molecule has 1 heterocycles. The van der Waals surface area contributed by atoms with Crippen molar-refractivity contribution in [3.8, 4) is 11.8 Å². The number of anilines is 1. The van der Waals surface area contributed by atoms with Crippen LogP contribution in [0.25, 0.3) is 0 Å². The summed E-state index contributed by atoms with van der Waals surface area (Å²) in [6.07, 6.45) is 1.76. The summed E-state index contributed by atoms with van der Waals surface area (Å²) in [6.45, 7) is 0.638. The summed E-state index contributed by atoms with van der Waals surface area (Å²) in [6, 6.07) is 11.4. The van der Waals surface area contributed by atoms with E-state index in [0.29, 0.717) is 12.3 Å². The highest BCUT2D eigenvalue weighted by molar-refractivity contribution is 9.11. The number of benzene rings is 1. The topological polar surface area (TPSA) is 57.9 Å². The molecule has 0 radical (unpaired) electrons. The number of hydrogen-bond acceptors (Lipinski definition) is 4. The van der Waals surface area contributed by atoms with E-state index < -0.39 is 0 Å². The van der Waals surface area contributed by atoms with Crippen LogP contribution in [-0.2, 0) is 6.54 Å². The van der Waals surface area contributed by atoms with Crippen molar-refractivity contribution in [2.75, 3.05) is 11.9 Å². The van der Waals surface area contributed by atoms with Crippen molar-refractivity contribution in [2.45, 2.75) is 6.54 Å². The minimum Gasteiger partial charge on any atom is -0.479 e. The second-order valence-electron chi connectivity index (χ2n) is 3.91. The lowest BCUT2D eigenvalue weighted by atomic mass is 10.3. The van der Waals surface area contributed by atoms with Gasteiger partial charge in [-0.3, -0.25) is 4.98 Å². The maximum atomic E-state index is 8.49. The maximum Gasteiger partial charge on any atom is 0.174 e. The van der Waals surface area contributed by atoms with Gasteiger partial charge in [-0.15, -0.1) is 0 Å². The van der Waals surface area contributed by atoms with Crippen LogP contribution in [0.3, 0.4) is 0 Å². The van der Waals surface area contributed by atoms with Crippen molar-refractivity contribution in [2.24, 2.45) is 0 Å². The molecule has 0 aliphatic heterocycles. The molecular formula is C14H11Br2N3O. The first-order chi connectivity index (χ1) is 9.69. The van der Waals surface area contributed by atoms with Gasteiger partial charge in [0.15, 0.2) is 6.61 Å². The third-order valence-electron chi connectivity index (χ3n) is 2.48. The lowest BCUT2D eigenvalue weighted by Gasteiger charge is -2.09. The van der Waals surface area contributed by atoms with Crippen molar-refractivity contribution < 1.29 is 4.74 Å². The predicted molar refractivity (Wildman–Crippen MR) is 84.5 cm³/mol. The molecule has 0 aliphatic rings. The van der Waals surface area contributed by atoms with E-state index in [4.69, 9.17) is 10.00 Å². The molecule has 102 valence electrons. The number of rotatable bonds is 5. The average molecular weight is 397 g/mol. The highest BCUT2D eigenvalue weighted by Crippen LogP contribution is 2.22. The Balaban J connectivity index is 2.01. The molecule has 0 saturated carbocycles. The molecule has 6 heteroatoms. The molecule has 0 spiro atoms. The first-order valence-electron chi connectivity index (χ1n) is 5.82. The molecule has 0 fully saturated rings. The second-order valence-corrected chi connectivity index (χ2v) is 5.68. The van der Waals surface area contributed by atoms with Crippen LogP contribution < -0.4 is 10.1 Å². The van der Waals surface area contributed by atoms with Crippen LogP contribution in [0.15, 0.2) is 45.5 Å². The Morgan fingerprint density at radius 1 is 1.30 bits per heavy atom. The molecule has 2 aromatic rings. The minimum absolute atomic E-state index is 0.0449. The van der Waals surface area contributed by atoms with Crippen molar-refractivity contribution in [3.63, 3.8) is 0 Å². The molecule has 1 aromatic carbocycles. The highest BCUT2D eigenvalue weighted by Gasteiger charge is 2.03. The van der Waals surface area contributed by atoms with Crippen molar-refractivity contribution >= 4 is 37.5 Å². The fourth-order valence-electron chi connectivity index (χ4n) is 1.57. The van der Waals surface area contributed by atoms with Gasteiger partial charge in [-0.25, -0.2) is 0 Å². The molecule has 0 bridgehead atoms. The summed E-state index contributed by atoms with van der Waals surface area (Å²) < 4.78 is 7.13. The van der Waals surface area contributed by atoms with Gasteiger partial charge in [0.05, 0.1) is 12.2 Å². The van der Waals surface area contributed by atoms with Crippen LogP contribution in [0.2, 0.25) is 0 Å². The second kappa shape index (κ2) is 7.27. The van der Waals surface area contributed by atoms with Gasteiger partial charge >= 0.3 is 0 Å². The Bertz CT molecular complexity index is 641. The van der Waals surface area contributed by atoms with E-state index in [1.165, 1.54) is 0 Å². The monoisotopic (exact) mass is 395 g/mol. The molecule has 0 unspecified atom stereocenters. The van der Waals surface area contributed by atoms with E-state index >= 15 is 0 Å². The number of nitrogens with one attached hydrogen (secondary N) is 1. The van der Waals surface area contributed by atoms with Crippen molar-refractivity contribution in [1.82, 2.24) is 4.98 Å². The lowest BCUT2D eigenvalue weighted by Crippen LogP contribution is -2.03. The van der Waals surface area contributed by atoms with Crippen LogP contribution >= 0.6 is 31.9 Å². The summed E-state index contributed by atoms with van der Waals surface area (Å²) in [7, 11) is 0. The normalized spacial score (nSPS) is 9.85. The van der Waals surface area contributed by atoms with E-state index in [1.807, 2.05) is 36.4 Å². The Kier molecular flexibility index (Phi) is 5.39. The largest absolute Gasteiger partial charge is 0.479 e. The number of ether oxygens (including phenoxy) is 1. The first kappa shape index (κ1) is 14.8. The molecule has 1 N–H and O–H groups in total. The number of nitriles is 1. The number of nitrogens with zero attached hydrogens (tertiary/aromatic N) is 2. The summed E-state index contributed by atoms with van der Waals surface area (Å²) >= 11 is 6.85. The zero-order valence-electron chi connectivity index (χ0n) is 10.4. The number of halogens is 2. The van der Waals surface area contributed by atoms with Crippen LogP contribution in [0.5, 0.6) is 5.75 Å². The Morgan fingerprint density at radius 2 is 2.15 bits per heavy atom. The molecule has 0 amide bonds. The zero-order valence-corrected chi connectivity index (χ0v) is 13.6. The van der Waals surface area contributed by atoms with Gasteiger partial charge in [-0.05, 0) is 50.1 Å². The van der Waals surface area contributed by atoms with E-state index in [-0.39, 0.29) is 6.61 Å². The Hall–Kier alpha value is -1.58. The molecule has 2 rings (SSSR count). The molecule has 0 aliphatic carbocycles. The first-order valence-corrected chi connectivity index (χ1v) is 7.41. The zero-order chi connectivity index (χ0) is 14.4. The van der Waals surface area contributed by atoms with Gasteiger partial charge in [0.1, 0.15) is 11.8 Å². The van der Waals surface area contributed by atoms with Crippen LogP contribution in [0.1, 0.15) is 5.69 Å². The number of hydrogen-bond donors (Lipinski definition) is 1. The summed E-state index contributed by atoms with van der Waals surface area (Å²) in [4.78, 5) is 4.33. The van der Waals surface area contributed by atoms with E-state index in [9.17, 15) is 0 Å². The van der Waals surface area contributed by atoms with E-state index in [1.54, 1.807) is 6.20 Å². The molecule has 0 atom stereocenters. The van der Waals surface area contributed by atoms with E-state index in [2.05, 4.69) is 42.2 Å². The molecular weight excluding hydrogens is 386 g/mol. The van der Waals surface area contributed by atoms with Crippen molar-refractivity contribution in [1.29, 1.82) is 5.26 Å². The molecule has 20 heavy (non-hydrogen) atoms. The minimum atomic E-state index is 0.0449. The average Bonchev–Trinajstić information content (AvgIpc) is 2.45. The van der Waals surface area contributed by atoms with Gasteiger partial charge in [0, 0.05) is 26.9 Å². The number of aromatic nitrogens is 1. The fourth-order valence-corrected chi connectivity index (χ4v) is 2.70. The van der Waals surface area contributed by atoms with Crippen molar-refractivity contribution in [3.05, 3.63) is 51.2 Å². The lowest BCUT2D eigenvalue weighted by molar-refractivity contribution is 0.368. The third-order valence-corrected chi connectivity index (χ3v) is 3.60. The molecule has 1 aromatic heterocycles. The van der Waals surface area contributed by atoms with Gasteiger partial charge in [-0.1, -0.05) is 6.07 Å². The van der Waals surface area contributed by atoms with Crippen LogP contribution in [-0.4, -0.2) is 11.6 Å². The summed E-state index contributed by atoms with van der Waals surface area (Å²) in [5.41, 5.74) is 1.83. The fraction of sp³-hybridized carbons (Fsp3) is 0.143. The quantitative estimate of drug-likeness (QED) is 0.825. The Morgan fingerprint density at radius 3 is 2.90 bits per heavy atom. The van der Waals surface area contributed by atoms with Crippen LogP contribution in [0, 0.1) is 11.3 Å². The molecule has 0 saturated heterocycles. The van der Waals surface area contributed by atoms with Gasteiger partial charge in [0.2, 0.25) is 0 Å². The SMILES string of the molecule is N#CCOc1cccc(NCc2ncc(Br)cc2Br)c1. The Labute approximate surface area is 134 Å². The summed E-state index contributed by atoms with van der Waals surface area (Å²) in [5.74, 6) is 0.666. The van der Waals surface area contributed by atoms with Gasteiger partial charge in [-0.2, -0.15) is 5.26 Å². The third kappa shape index (κ3) is 4.22. The van der Waals surface area contributed by atoms with Crippen LogP contribution in [0.4, 0.5) is 5.69 Å². The standard InChI is InChI=1S/C14H11Br2N3O/c15-10-6-13(16)14(19-8-10)9-18-11-2-1-3-12(7-11)20-5-4-17/h1-3,6-8,18H,5,9H2. The van der Waals surface area contributed by atoms with Gasteiger partial charge in [0.25, 0.3) is 0 Å². The molecule has 4 nitrogen and oxygen atoms in total.